The largest absolute Gasteiger partial charge is 0.872 e. The van der Waals surface area contributed by atoms with E-state index >= 15 is 0 Å². The number of hydrogen-bond donors (Lipinski definition) is 1. The van der Waals surface area contributed by atoms with Crippen LogP contribution in [-0.2, 0) is 10.1 Å². The average Bonchev–Trinajstić information content (AvgIpc) is 2.39. The molecule has 0 amide bonds. The predicted octanol–water partition coefficient (Wildman–Crippen LogP) is 1.36. The normalized spacial score (nSPS) is 10.4. The van der Waals surface area contributed by atoms with E-state index in [9.17, 15) is 22.9 Å². The summed E-state index contributed by atoms with van der Waals surface area (Å²) in [5, 5.41) is 19.0. The van der Waals surface area contributed by atoms with Gasteiger partial charge in [0.05, 0.1) is 10.5 Å². The standard InChI is InChI=1S/C7H8O3S.C7H6O3/c1-6-2-4-7(5-3-6)11(8,9)10;8-6-4-2-1-3-5(6)7(9)10/h2-5H,1H3,(H,8,9,10);1-4,8H,(H,9,10)/p-2. The maximum atomic E-state index is 10.7. The quantitative estimate of drug-likeness (QED) is 0.837. The predicted molar refractivity (Wildman–Crippen MR) is 72.0 cm³/mol. The molecule has 112 valence electrons. The lowest BCUT2D eigenvalue weighted by molar-refractivity contribution is -0.268. The van der Waals surface area contributed by atoms with Crippen molar-refractivity contribution in [3.63, 3.8) is 0 Å². The van der Waals surface area contributed by atoms with Crippen LogP contribution < -0.4 is 5.11 Å². The summed E-state index contributed by atoms with van der Waals surface area (Å²) >= 11 is 0. The van der Waals surface area contributed by atoms with Gasteiger partial charge in [0.1, 0.15) is 10.1 Å². The van der Waals surface area contributed by atoms with Gasteiger partial charge in [0.2, 0.25) is 0 Å². The van der Waals surface area contributed by atoms with Gasteiger partial charge in [0, 0.05) is 0 Å². The van der Waals surface area contributed by atoms with Crippen LogP contribution in [0.5, 0.6) is 5.75 Å². The molecule has 0 spiro atoms. The maximum Gasteiger partial charge on any atom is 0.335 e. The molecule has 6 nitrogen and oxygen atoms in total. The minimum absolute atomic E-state index is 0.178. The van der Waals surface area contributed by atoms with Crippen molar-refractivity contribution in [3.8, 4) is 5.75 Å². The van der Waals surface area contributed by atoms with Crippen molar-refractivity contribution >= 4 is 16.1 Å². The molecule has 2 aromatic rings. The van der Waals surface area contributed by atoms with Gasteiger partial charge in [-0.1, -0.05) is 41.6 Å². The first-order valence-electron chi connectivity index (χ1n) is 5.73. The Labute approximate surface area is 122 Å². The zero-order valence-corrected chi connectivity index (χ0v) is 11.8. The summed E-state index contributed by atoms with van der Waals surface area (Å²) in [7, 11) is -4.27. The summed E-state index contributed by atoms with van der Waals surface area (Å²) in [4.78, 5) is 10.0. The molecule has 0 radical (unpaired) electrons. The number of carboxylic acid groups (broad SMARTS) is 1. The first kappa shape index (κ1) is 16.7. The molecule has 7 heteroatoms. The third kappa shape index (κ3) is 5.25. The average molecular weight is 308 g/mol. The number of aromatic carboxylic acids is 1. The van der Waals surface area contributed by atoms with E-state index in [1.54, 1.807) is 12.1 Å². The zero-order chi connectivity index (χ0) is 16.0. The summed E-state index contributed by atoms with van der Waals surface area (Å²) in [5.41, 5.74) is 0.750. The SMILES string of the molecule is Cc1ccc(S(=O)(=O)[O-])cc1.O=C(O)c1ccccc1[O-]. The first-order chi connectivity index (χ1) is 9.71. The molecule has 0 aliphatic carbocycles. The smallest absolute Gasteiger partial charge is 0.335 e. The van der Waals surface area contributed by atoms with Gasteiger partial charge in [-0.2, -0.15) is 0 Å². The highest BCUT2D eigenvalue weighted by atomic mass is 32.2. The fourth-order valence-electron chi connectivity index (χ4n) is 1.35. The highest BCUT2D eigenvalue weighted by Crippen LogP contribution is 2.11. The fraction of sp³-hybridized carbons (Fsp3) is 0.0714. The van der Waals surface area contributed by atoms with E-state index in [0.29, 0.717) is 0 Å². The van der Waals surface area contributed by atoms with Gasteiger partial charge in [0.15, 0.2) is 0 Å². The minimum Gasteiger partial charge on any atom is -0.872 e. The summed E-state index contributed by atoms with van der Waals surface area (Å²) in [6.45, 7) is 1.82. The van der Waals surface area contributed by atoms with Crippen molar-refractivity contribution in [1.29, 1.82) is 0 Å². The first-order valence-corrected chi connectivity index (χ1v) is 7.14. The van der Waals surface area contributed by atoms with Crippen molar-refractivity contribution in [2.24, 2.45) is 0 Å². The van der Waals surface area contributed by atoms with E-state index < -0.39 is 21.8 Å². The van der Waals surface area contributed by atoms with Crippen LogP contribution in [-0.4, -0.2) is 24.0 Å². The lowest BCUT2D eigenvalue weighted by Gasteiger charge is -2.07. The lowest BCUT2D eigenvalue weighted by atomic mass is 10.2. The summed E-state index contributed by atoms with van der Waals surface area (Å²) in [6.07, 6.45) is 0. The van der Waals surface area contributed by atoms with Crippen LogP contribution in [0.2, 0.25) is 0 Å². The molecule has 0 aliphatic heterocycles. The Morgan fingerprint density at radius 1 is 1.05 bits per heavy atom. The second-order valence-electron chi connectivity index (χ2n) is 4.07. The second-order valence-corrected chi connectivity index (χ2v) is 5.45. The van der Waals surface area contributed by atoms with Crippen molar-refractivity contribution in [1.82, 2.24) is 0 Å². The van der Waals surface area contributed by atoms with Crippen LogP contribution in [0.4, 0.5) is 0 Å². The van der Waals surface area contributed by atoms with Gasteiger partial charge in [-0.3, -0.25) is 0 Å². The molecule has 1 N–H and O–H groups in total. The van der Waals surface area contributed by atoms with Gasteiger partial charge in [-0.25, -0.2) is 13.2 Å². The molecule has 2 aromatic carbocycles. The molecular formula is C14H12O6S-2. The van der Waals surface area contributed by atoms with Crippen molar-refractivity contribution < 1.29 is 28.0 Å². The van der Waals surface area contributed by atoms with Crippen LogP contribution in [0.15, 0.2) is 53.4 Å². The Balaban J connectivity index is 0.000000211. The number of rotatable bonds is 2. The number of carboxylic acids is 1. The van der Waals surface area contributed by atoms with Crippen LogP contribution in [0, 0.1) is 6.92 Å². The molecule has 0 aliphatic rings. The van der Waals surface area contributed by atoms with E-state index in [1.807, 2.05) is 6.92 Å². The van der Waals surface area contributed by atoms with Crippen LogP contribution in [0.1, 0.15) is 15.9 Å². The highest BCUT2D eigenvalue weighted by molar-refractivity contribution is 7.85. The van der Waals surface area contributed by atoms with Gasteiger partial charge in [-0.05, 0) is 25.1 Å². The van der Waals surface area contributed by atoms with Crippen LogP contribution in [0.3, 0.4) is 0 Å². The molecule has 0 atom stereocenters. The molecule has 0 heterocycles. The molecule has 2 rings (SSSR count). The van der Waals surface area contributed by atoms with E-state index in [1.165, 1.54) is 36.4 Å². The van der Waals surface area contributed by atoms with Gasteiger partial charge in [0.25, 0.3) is 0 Å². The molecule has 0 saturated heterocycles. The monoisotopic (exact) mass is 308 g/mol. The Morgan fingerprint density at radius 2 is 1.57 bits per heavy atom. The maximum absolute atomic E-state index is 10.7. The van der Waals surface area contributed by atoms with Gasteiger partial charge >= 0.3 is 5.97 Å². The topological polar surface area (TPSA) is 118 Å². The second kappa shape index (κ2) is 6.87. The Bertz CT molecular complexity index is 719. The zero-order valence-electron chi connectivity index (χ0n) is 11.0. The lowest BCUT2D eigenvalue weighted by Crippen LogP contribution is -2.02. The molecule has 21 heavy (non-hydrogen) atoms. The molecule has 0 saturated carbocycles. The summed E-state index contributed by atoms with van der Waals surface area (Å²) in [5.74, 6) is -1.62. The summed E-state index contributed by atoms with van der Waals surface area (Å²) in [6, 6.07) is 11.3. The fourth-order valence-corrected chi connectivity index (χ4v) is 1.82. The van der Waals surface area contributed by atoms with Crippen LogP contribution in [0.25, 0.3) is 0 Å². The van der Waals surface area contributed by atoms with Crippen molar-refractivity contribution in [2.45, 2.75) is 11.8 Å². The molecule has 0 fully saturated rings. The number of hydrogen-bond acceptors (Lipinski definition) is 5. The highest BCUT2D eigenvalue weighted by Gasteiger charge is 1.99. The Morgan fingerprint density at radius 3 is 1.95 bits per heavy atom. The number of carbonyl (C=O) groups is 1. The number of benzene rings is 2. The molecule has 0 unspecified atom stereocenters. The van der Waals surface area contributed by atoms with E-state index in [0.717, 1.165) is 5.56 Å². The van der Waals surface area contributed by atoms with E-state index in [2.05, 4.69) is 0 Å². The molecular weight excluding hydrogens is 296 g/mol. The number of aryl methyl sites for hydroxylation is 1. The van der Waals surface area contributed by atoms with E-state index in [4.69, 9.17) is 5.11 Å². The van der Waals surface area contributed by atoms with Crippen LogP contribution >= 0.6 is 0 Å². The molecule has 0 aromatic heterocycles. The third-order valence-corrected chi connectivity index (χ3v) is 3.28. The van der Waals surface area contributed by atoms with Gasteiger partial charge in [-0.15, -0.1) is 0 Å². The van der Waals surface area contributed by atoms with Crippen molar-refractivity contribution in [3.05, 3.63) is 59.7 Å². The number of para-hydroxylation sites is 1. The summed E-state index contributed by atoms with van der Waals surface area (Å²) < 4.78 is 31.2. The minimum atomic E-state index is -4.27. The van der Waals surface area contributed by atoms with Gasteiger partial charge < -0.3 is 14.8 Å². The van der Waals surface area contributed by atoms with E-state index in [-0.39, 0.29) is 10.5 Å². The molecule has 0 bridgehead atoms. The Hall–Kier alpha value is -2.38. The third-order valence-electron chi connectivity index (χ3n) is 2.43. The van der Waals surface area contributed by atoms with Crippen molar-refractivity contribution in [2.75, 3.05) is 0 Å². The Kier molecular flexibility index (Phi) is 5.45.